The van der Waals surface area contributed by atoms with Crippen molar-refractivity contribution >= 4 is 5.97 Å². The van der Waals surface area contributed by atoms with E-state index in [9.17, 15) is 9.18 Å². The zero-order valence-electron chi connectivity index (χ0n) is 11.3. The molecule has 0 unspecified atom stereocenters. The number of halogens is 1. The van der Waals surface area contributed by atoms with Crippen LogP contribution in [0.25, 0.3) is 5.69 Å². The van der Waals surface area contributed by atoms with E-state index in [0.29, 0.717) is 16.8 Å². The van der Waals surface area contributed by atoms with Gasteiger partial charge in [0.1, 0.15) is 5.82 Å². The Morgan fingerprint density at radius 2 is 2.30 bits per heavy atom. The Labute approximate surface area is 116 Å². The van der Waals surface area contributed by atoms with Crippen LogP contribution in [0.4, 0.5) is 4.39 Å². The number of hydrogen-bond acceptors (Lipinski definition) is 4. The van der Waals surface area contributed by atoms with Gasteiger partial charge in [-0.25, -0.2) is 13.9 Å². The summed E-state index contributed by atoms with van der Waals surface area (Å²) in [5.41, 5.74) is 6.97. The molecule has 0 amide bonds. The fraction of sp³-hybridized carbons (Fsp3) is 0.286. The quantitative estimate of drug-likeness (QED) is 0.870. The maximum Gasteiger partial charge on any atom is 0.341 e. The number of carbonyl (C=O) groups is 1. The van der Waals surface area contributed by atoms with E-state index >= 15 is 0 Å². The molecule has 0 bridgehead atoms. The first-order valence-corrected chi connectivity index (χ1v) is 6.30. The molecule has 2 N–H and O–H groups in total. The van der Waals surface area contributed by atoms with Crippen LogP contribution in [0.2, 0.25) is 0 Å². The van der Waals surface area contributed by atoms with Crippen molar-refractivity contribution < 1.29 is 13.9 Å². The molecule has 0 aliphatic rings. The van der Waals surface area contributed by atoms with Crippen molar-refractivity contribution in [2.24, 2.45) is 5.73 Å². The van der Waals surface area contributed by atoms with Crippen LogP contribution in [0, 0.1) is 5.82 Å². The Bertz CT molecular complexity index is 623. The van der Waals surface area contributed by atoms with Crippen LogP contribution in [0.3, 0.4) is 0 Å². The monoisotopic (exact) mass is 277 g/mol. The summed E-state index contributed by atoms with van der Waals surface area (Å²) in [6.07, 6.45) is 2.88. The van der Waals surface area contributed by atoms with Crippen molar-refractivity contribution in [3.05, 3.63) is 47.5 Å². The molecule has 1 aromatic carbocycles. The molecule has 0 aliphatic carbocycles. The smallest absolute Gasteiger partial charge is 0.341 e. The Morgan fingerprint density at radius 3 is 2.95 bits per heavy atom. The zero-order valence-corrected chi connectivity index (χ0v) is 11.3. The second-order valence-corrected chi connectivity index (χ2v) is 4.36. The van der Waals surface area contributed by atoms with Gasteiger partial charge in [0.25, 0.3) is 0 Å². The van der Waals surface area contributed by atoms with E-state index < -0.39 is 17.8 Å². The van der Waals surface area contributed by atoms with Crippen LogP contribution in [0.15, 0.2) is 30.6 Å². The molecular formula is C14H16FN3O2. The lowest BCUT2D eigenvalue weighted by molar-refractivity contribution is 0.0526. The first-order chi connectivity index (χ1) is 9.54. The van der Waals surface area contributed by atoms with Crippen LogP contribution in [0.5, 0.6) is 0 Å². The minimum atomic E-state index is -0.485. The molecule has 0 spiro atoms. The Morgan fingerprint density at radius 1 is 1.55 bits per heavy atom. The first-order valence-electron chi connectivity index (χ1n) is 6.30. The summed E-state index contributed by atoms with van der Waals surface area (Å²) in [7, 11) is 0. The van der Waals surface area contributed by atoms with Gasteiger partial charge in [0, 0.05) is 17.8 Å². The molecule has 20 heavy (non-hydrogen) atoms. The molecule has 0 saturated carbocycles. The molecule has 5 nitrogen and oxygen atoms in total. The van der Waals surface area contributed by atoms with Crippen LogP contribution in [-0.4, -0.2) is 22.4 Å². The lowest BCUT2D eigenvalue weighted by atomic mass is 10.1. The van der Waals surface area contributed by atoms with Crippen molar-refractivity contribution in [2.75, 3.05) is 6.61 Å². The van der Waals surface area contributed by atoms with Gasteiger partial charge in [0.15, 0.2) is 0 Å². The van der Waals surface area contributed by atoms with Crippen molar-refractivity contribution in [1.82, 2.24) is 9.78 Å². The van der Waals surface area contributed by atoms with E-state index in [1.807, 2.05) is 0 Å². The molecule has 0 saturated heterocycles. The average Bonchev–Trinajstić information content (AvgIpc) is 2.87. The SMILES string of the molecule is CCOC(=O)c1cnn(-c2cccc(F)c2[C@@H](C)N)c1. The highest BCUT2D eigenvalue weighted by molar-refractivity contribution is 5.88. The van der Waals surface area contributed by atoms with Crippen LogP contribution >= 0.6 is 0 Å². The lowest BCUT2D eigenvalue weighted by Gasteiger charge is -2.13. The third-order valence-electron chi connectivity index (χ3n) is 2.83. The zero-order chi connectivity index (χ0) is 14.7. The van der Waals surface area contributed by atoms with Gasteiger partial charge in [-0.15, -0.1) is 0 Å². The fourth-order valence-corrected chi connectivity index (χ4v) is 1.95. The average molecular weight is 277 g/mol. The van der Waals surface area contributed by atoms with E-state index in [1.165, 1.54) is 23.1 Å². The van der Waals surface area contributed by atoms with Gasteiger partial charge >= 0.3 is 5.97 Å². The third kappa shape index (κ3) is 2.70. The van der Waals surface area contributed by atoms with Gasteiger partial charge < -0.3 is 10.5 Å². The molecule has 1 aromatic heterocycles. The molecule has 1 heterocycles. The van der Waals surface area contributed by atoms with E-state index in [-0.39, 0.29) is 6.61 Å². The van der Waals surface area contributed by atoms with Crippen LogP contribution < -0.4 is 5.73 Å². The van der Waals surface area contributed by atoms with Gasteiger partial charge in [-0.1, -0.05) is 6.07 Å². The predicted octanol–water partition coefficient (Wildman–Crippen LogP) is 2.21. The van der Waals surface area contributed by atoms with Gasteiger partial charge in [0.2, 0.25) is 0 Å². The molecular weight excluding hydrogens is 261 g/mol. The minimum absolute atomic E-state index is 0.287. The molecule has 2 rings (SSSR count). The number of benzene rings is 1. The van der Waals surface area contributed by atoms with Crippen LogP contribution in [-0.2, 0) is 4.74 Å². The highest BCUT2D eigenvalue weighted by Gasteiger charge is 2.16. The summed E-state index contributed by atoms with van der Waals surface area (Å²) in [6, 6.07) is 4.13. The van der Waals surface area contributed by atoms with Crippen molar-refractivity contribution in [2.45, 2.75) is 19.9 Å². The predicted molar refractivity (Wildman–Crippen MR) is 72.1 cm³/mol. The maximum atomic E-state index is 13.9. The number of hydrogen-bond donors (Lipinski definition) is 1. The highest BCUT2D eigenvalue weighted by Crippen LogP contribution is 2.23. The Hall–Kier alpha value is -2.21. The Balaban J connectivity index is 2.43. The van der Waals surface area contributed by atoms with E-state index in [1.54, 1.807) is 26.0 Å². The number of nitrogens with two attached hydrogens (primary N) is 1. The van der Waals surface area contributed by atoms with E-state index in [4.69, 9.17) is 10.5 Å². The molecule has 0 fully saturated rings. The summed E-state index contributed by atoms with van der Waals surface area (Å²) in [5, 5.41) is 4.07. The first kappa shape index (κ1) is 14.2. The molecule has 6 heteroatoms. The highest BCUT2D eigenvalue weighted by atomic mass is 19.1. The van der Waals surface area contributed by atoms with E-state index in [0.717, 1.165) is 0 Å². The second kappa shape index (κ2) is 5.83. The number of rotatable bonds is 4. The number of nitrogens with zero attached hydrogens (tertiary/aromatic N) is 2. The number of ether oxygens (including phenoxy) is 1. The van der Waals surface area contributed by atoms with Crippen molar-refractivity contribution in [1.29, 1.82) is 0 Å². The lowest BCUT2D eigenvalue weighted by Crippen LogP contribution is -2.12. The molecule has 1 atom stereocenters. The minimum Gasteiger partial charge on any atom is -0.462 e. The number of aromatic nitrogens is 2. The number of esters is 1. The third-order valence-corrected chi connectivity index (χ3v) is 2.83. The van der Waals surface area contributed by atoms with Crippen molar-refractivity contribution in [3.63, 3.8) is 0 Å². The largest absolute Gasteiger partial charge is 0.462 e. The topological polar surface area (TPSA) is 70.1 Å². The van der Waals surface area contributed by atoms with Crippen LogP contribution in [0.1, 0.15) is 35.8 Å². The Kier molecular flexibility index (Phi) is 4.14. The molecule has 2 aromatic rings. The van der Waals surface area contributed by atoms with E-state index in [2.05, 4.69) is 5.10 Å². The summed E-state index contributed by atoms with van der Waals surface area (Å²) in [5.74, 6) is -0.858. The summed E-state index contributed by atoms with van der Waals surface area (Å²) in [6.45, 7) is 3.70. The summed E-state index contributed by atoms with van der Waals surface area (Å²) in [4.78, 5) is 11.6. The molecule has 106 valence electrons. The maximum absolute atomic E-state index is 13.9. The van der Waals surface area contributed by atoms with Gasteiger partial charge in [0.05, 0.1) is 24.1 Å². The normalized spacial score (nSPS) is 12.2. The fourth-order valence-electron chi connectivity index (χ4n) is 1.95. The van der Waals surface area contributed by atoms with Gasteiger partial charge in [-0.2, -0.15) is 5.10 Å². The summed E-state index contributed by atoms with van der Waals surface area (Å²) < 4.78 is 20.2. The van der Waals surface area contributed by atoms with Gasteiger partial charge in [-0.05, 0) is 26.0 Å². The summed E-state index contributed by atoms with van der Waals surface area (Å²) >= 11 is 0. The number of carbonyl (C=O) groups excluding carboxylic acids is 1. The second-order valence-electron chi connectivity index (χ2n) is 4.36. The van der Waals surface area contributed by atoms with Gasteiger partial charge in [-0.3, -0.25) is 0 Å². The standard InChI is InChI=1S/C14H16FN3O2/c1-3-20-14(19)10-7-17-18(8-10)12-6-4-5-11(15)13(12)9(2)16/h4-9H,3,16H2,1-2H3/t9-/m1/s1. The molecule has 0 aliphatic heterocycles. The molecule has 0 radical (unpaired) electrons. The van der Waals surface area contributed by atoms with Crippen molar-refractivity contribution in [3.8, 4) is 5.69 Å².